The van der Waals surface area contributed by atoms with Gasteiger partial charge in [0.25, 0.3) is 5.91 Å². The Kier molecular flexibility index (Phi) is 3.66. The second kappa shape index (κ2) is 5.04. The van der Waals surface area contributed by atoms with E-state index in [4.69, 9.17) is 23.2 Å². The van der Waals surface area contributed by atoms with Gasteiger partial charge in [-0.3, -0.25) is 4.79 Å². The van der Waals surface area contributed by atoms with Crippen molar-refractivity contribution in [2.45, 2.75) is 6.92 Å². The molecule has 0 aliphatic carbocycles. The van der Waals surface area contributed by atoms with E-state index >= 15 is 0 Å². The summed E-state index contributed by atoms with van der Waals surface area (Å²) in [5, 5.41) is 5.84. The minimum Gasteiger partial charge on any atom is -0.319 e. The summed E-state index contributed by atoms with van der Waals surface area (Å²) < 4.78 is 0. The highest BCUT2D eigenvalue weighted by molar-refractivity contribution is 7.11. The lowest BCUT2D eigenvalue weighted by molar-refractivity contribution is 0.102. The molecule has 1 heterocycles. The number of benzene rings is 1. The number of carbonyl (C=O) groups is 1. The fraction of sp³-hybridized carbons (Fsp3) is 0.0909. The van der Waals surface area contributed by atoms with E-state index in [9.17, 15) is 4.79 Å². The van der Waals surface area contributed by atoms with E-state index in [1.165, 1.54) is 11.3 Å². The van der Waals surface area contributed by atoms with Crippen LogP contribution in [0.3, 0.4) is 0 Å². The second-order valence-corrected chi connectivity index (χ2v) is 5.07. The Balaban J connectivity index is 2.21. The summed E-state index contributed by atoms with van der Waals surface area (Å²) in [5.41, 5.74) is 1.30. The number of aryl methyl sites for hydroxylation is 1. The molecular formula is C11H8Cl2N2OS. The lowest BCUT2D eigenvalue weighted by Crippen LogP contribution is -2.11. The molecule has 1 aromatic heterocycles. The minimum atomic E-state index is -0.285. The highest BCUT2D eigenvalue weighted by atomic mass is 35.5. The summed E-state index contributed by atoms with van der Waals surface area (Å²) in [6, 6.07) is 4.89. The molecule has 0 bridgehead atoms. The van der Waals surface area contributed by atoms with Gasteiger partial charge in [-0.2, -0.15) is 0 Å². The third-order valence-electron chi connectivity index (χ3n) is 1.99. The standard InChI is InChI=1S/C11H8Cl2N2OS/c1-6-5-17-11(14-6)10(16)15-9-4-7(12)2-3-8(9)13/h2-5H,1H3,(H,15,16). The van der Waals surface area contributed by atoms with Crippen LogP contribution in [0.1, 0.15) is 15.5 Å². The van der Waals surface area contributed by atoms with Crippen LogP contribution in [0.15, 0.2) is 23.6 Å². The van der Waals surface area contributed by atoms with Gasteiger partial charge in [0.2, 0.25) is 0 Å². The van der Waals surface area contributed by atoms with Crippen LogP contribution in [0.5, 0.6) is 0 Å². The van der Waals surface area contributed by atoms with Crippen LogP contribution in [0.2, 0.25) is 10.0 Å². The van der Waals surface area contributed by atoms with E-state index in [1.54, 1.807) is 18.2 Å². The number of halogens is 2. The first-order valence-corrected chi connectivity index (χ1v) is 6.38. The molecule has 2 aromatic rings. The molecule has 6 heteroatoms. The third-order valence-corrected chi connectivity index (χ3v) is 3.51. The lowest BCUT2D eigenvalue weighted by atomic mass is 10.3. The predicted molar refractivity (Wildman–Crippen MR) is 71.3 cm³/mol. The van der Waals surface area contributed by atoms with E-state index in [0.717, 1.165) is 5.69 Å². The largest absolute Gasteiger partial charge is 0.319 e. The van der Waals surface area contributed by atoms with E-state index in [0.29, 0.717) is 20.7 Å². The molecule has 1 N–H and O–H groups in total. The molecule has 0 aliphatic heterocycles. The van der Waals surface area contributed by atoms with E-state index in [2.05, 4.69) is 10.3 Å². The monoisotopic (exact) mass is 286 g/mol. The highest BCUT2D eigenvalue weighted by Crippen LogP contribution is 2.26. The van der Waals surface area contributed by atoms with Crippen molar-refractivity contribution < 1.29 is 4.79 Å². The number of aromatic nitrogens is 1. The van der Waals surface area contributed by atoms with Gasteiger partial charge in [-0.15, -0.1) is 11.3 Å². The first kappa shape index (κ1) is 12.4. The van der Waals surface area contributed by atoms with Crippen LogP contribution in [0, 0.1) is 6.92 Å². The summed E-state index contributed by atoms with van der Waals surface area (Å²) in [5.74, 6) is -0.285. The maximum atomic E-state index is 11.8. The predicted octanol–water partition coefficient (Wildman–Crippen LogP) is 4.01. The van der Waals surface area contributed by atoms with Crippen LogP contribution >= 0.6 is 34.5 Å². The van der Waals surface area contributed by atoms with Crippen molar-refractivity contribution in [3.05, 3.63) is 44.3 Å². The molecule has 0 saturated heterocycles. The van der Waals surface area contributed by atoms with Crippen molar-refractivity contribution in [2.24, 2.45) is 0 Å². The number of anilines is 1. The quantitative estimate of drug-likeness (QED) is 0.906. The van der Waals surface area contributed by atoms with Gasteiger partial charge in [0.15, 0.2) is 5.01 Å². The fourth-order valence-electron chi connectivity index (χ4n) is 1.23. The number of carbonyl (C=O) groups excluding carboxylic acids is 1. The first-order chi connectivity index (χ1) is 8.06. The first-order valence-electron chi connectivity index (χ1n) is 4.75. The summed E-state index contributed by atoms with van der Waals surface area (Å²) in [6.45, 7) is 1.83. The zero-order valence-corrected chi connectivity index (χ0v) is 11.2. The number of hydrogen-bond acceptors (Lipinski definition) is 3. The van der Waals surface area contributed by atoms with Gasteiger partial charge in [-0.25, -0.2) is 4.98 Å². The number of amides is 1. The van der Waals surface area contributed by atoms with Crippen molar-refractivity contribution in [2.75, 3.05) is 5.32 Å². The Labute approximate surface area is 112 Å². The Hall–Kier alpha value is -1.10. The van der Waals surface area contributed by atoms with Crippen LogP contribution in [0.4, 0.5) is 5.69 Å². The van der Waals surface area contributed by atoms with Crippen molar-refractivity contribution in [1.82, 2.24) is 4.98 Å². The SMILES string of the molecule is Cc1csc(C(=O)Nc2cc(Cl)ccc2Cl)n1. The van der Waals surface area contributed by atoms with E-state index in [-0.39, 0.29) is 5.91 Å². The highest BCUT2D eigenvalue weighted by Gasteiger charge is 2.12. The number of thiazole rings is 1. The maximum absolute atomic E-state index is 11.8. The minimum absolute atomic E-state index is 0.285. The fourth-order valence-corrected chi connectivity index (χ4v) is 2.25. The summed E-state index contributed by atoms with van der Waals surface area (Å²) >= 11 is 13.1. The molecular weight excluding hydrogens is 279 g/mol. The van der Waals surface area contributed by atoms with Gasteiger partial charge in [0, 0.05) is 16.1 Å². The molecule has 1 amide bonds. The molecule has 2 rings (SSSR count). The normalized spacial score (nSPS) is 10.3. The molecule has 0 saturated carbocycles. The number of hydrogen-bond donors (Lipinski definition) is 1. The van der Waals surface area contributed by atoms with Crippen molar-refractivity contribution in [1.29, 1.82) is 0 Å². The smallest absolute Gasteiger partial charge is 0.284 e. The lowest BCUT2D eigenvalue weighted by Gasteiger charge is -2.05. The van der Waals surface area contributed by atoms with Crippen LogP contribution in [-0.4, -0.2) is 10.9 Å². The Morgan fingerprint density at radius 3 is 2.82 bits per heavy atom. The zero-order valence-electron chi connectivity index (χ0n) is 8.83. The molecule has 0 spiro atoms. The number of rotatable bonds is 2. The molecule has 17 heavy (non-hydrogen) atoms. The average Bonchev–Trinajstić information content (AvgIpc) is 2.70. The molecule has 0 atom stereocenters. The van der Waals surface area contributed by atoms with Gasteiger partial charge < -0.3 is 5.32 Å². The van der Waals surface area contributed by atoms with Crippen LogP contribution < -0.4 is 5.32 Å². The van der Waals surface area contributed by atoms with Gasteiger partial charge in [0.05, 0.1) is 10.7 Å². The van der Waals surface area contributed by atoms with Gasteiger partial charge in [0.1, 0.15) is 0 Å². The molecule has 1 aromatic carbocycles. The van der Waals surface area contributed by atoms with Gasteiger partial charge in [-0.05, 0) is 25.1 Å². The summed E-state index contributed by atoms with van der Waals surface area (Å²) in [4.78, 5) is 15.9. The molecule has 0 fully saturated rings. The van der Waals surface area contributed by atoms with Gasteiger partial charge in [-0.1, -0.05) is 23.2 Å². The maximum Gasteiger partial charge on any atom is 0.284 e. The molecule has 0 unspecified atom stereocenters. The average molecular weight is 287 g/mol. The molecule has 0 radical (unpaired) electrons. The van der Waals surface area contributed by atoms with Crippen LogP contribution in [-0.2, 0) is 0 Å². The molecule has 88 valence electrons. The summed E-state index contributed by atoms with van der Waals surface area (Å²) in [6.07, 6.45) is 0. The Bertz CT molecular complexity index is 568. The number of nitrogens with one attached hydrogen (secondary N) is 1. The topological polar surface area (TPSA) is 42.0 Å². The van der Waals surface area contributed by atoms with Crippen molar-refractivity contribution in [3.63, 3.8) is 0 Å². The second-order valence-electron chi connectivity index (χ2n) is 3.37. The van der Waals surface area contributed by atoms with E-state index < -0.39 is 0 Å². The van der Waals surface area contributed by atoms with Crippen molar-refractivity contribution in [3.8, 4) is 0 Å². The molecule has 0 aliphatic rings. The van der Waals surface area contributed by atoms with Crippen LogP contribution in [0.25, 0.3) is 0 Å². The number of nitrogens with zero attached hydrogens (tertiary/aromatic N) is 1. The zero-order chi connectivity index (χ0) is 12.4. The van der Waals surface area contributed by atoms with Crippen molar-refractivity contribution >= 4 is 46.1 Å². The summed E-state index contributed by atoms with van der Waals surface area (Å²) in [7, 11) is 0. The van der Waals surface area contributed by atoms with E-state index in [1.807, 2.05) is 12.3 Å². The molecule has 3 nitrogen and oxygen atoms in total. The Morgan fingerprint density at radius 2 is 2.18 bits per heavy atom. The van der Waals surface area contributed by atoms with Gasteiger partial charge >= 0.3 is 0 Å². The Morgan fingerprint density at radius 1 is 1.41 bits per heavy atom. The third kappa shape index (κ3) is 2.97.